The molecule has 2 heterocycles. The monoisotopic (exact) mass is 300 g/mol. The zero-order valence-electron chi connectivity index (χ0n) is 12.7. The molecule has 3 rings (SSSR count). The Labute approximate surface area is 128 Å². The Hall–Kier alpha value is -2.37. The highest BCUT2D eigenvalue weighted by molar-refractivity contribution is 5.97. The Balaban J connectivity index is 1.87. The van der Waals surface area contributed by atoms with Gasteiger partial charge in [-0.05, 0) is 37.5 Å². The molecule has 1 aromatic heterocycles. The van der Waals surface area contributed by atoms with Crippen molar-refractivity contribution in [1.29, 1.82) is 0 Å². The number of imidazole rings is 1. The predicted octanol–water partition coefficient (Wildman–Crippen LogP) is 1.44. The Morgan fingerprint density at radius 2 is 2.18 bits per heavy atom. The molecule has 1 aliphatic heterocycles. The van der Waals surface area contributed by atoms with Crippen LogP contribution in [-0.2, 0) is 11.8 Å². The average molecular weight is 300 g/mol. The van der Waals surface area contributed by atoms with Crippen LogP contribution < -0.4 is 5.73 Å². The summed E-state index contributed by atoms with van der Waals surface area (Å²) < 4.78 is 1.92. The number of amides is 2. The van der Waals surface area contributed by atoms with Gasteiger partial charge in [-0.3, -0.25) is 9.59 Å². The highest BCUT2D eigenvalue weighted by Crippen LogP contribution is 2.23. The van der Waals surface area contributed by atoms with Gasteiger partial charge in [-0.1, -0.05) is 0 Å². The fourth-order valence-corrected chi connectivity index (χ4v) is 3.15. The third kappa shape index (κ3) is 2.68. The van der Waals surface area contributed by atoms with Gasteiger partial charge in [0.05, 0.1) is 17.4 Å². The summed E-state index contributed by atoms with van der Waals surface area (Å²) >= 11 is 0. The van der Waals surface area contributed by atoms with Crippen LogP contribution in [0.25, 0.3) is 11.0 Å². The van der Waals surface area contributed by atoms with E-state index in [1.165, 1.54) is 0 Å². The smallest absolute Gasteiger partial charge is 0.254 e. The summed E-state index contributed by atoms with van der Waals surface area (Å²) in [7, 11) is 1.92. The topological polar surface area (TPSA) is 81.2 Å². The number of likely N-dealkylation sites (tertiary alicyclic amines) is 1. The van der Waals surface area contributed by atoms with Gasteiger partial charge in [-0.15, -0.1) is 0 Å². The van der Waals surface area contributed by atoms with Crippen LogP contribution in [0.2, 0.25) is 0 Å². The van der Waals surface area contributed by atoms with E-state index in [9.17, 15) is 9.59 Å². The second kappa shape index (κ2) is 5.79. The molecule has 1 aliphatic rings. The molecule has 2 amide bonds. The molecule has 1 atom stereocenters. The number of carbonyl (C=O) groups is 2. The van der Waals surface area contributed by atoms with Crippen molar-refractivity contribution in [3.8, 4) is 0 Å². The highest BCUT2D eigenvalue weighted by atomic mass is 16.2. The molecule has 0 spiro atoms. The fourth-order valence-electron chi connectivity index (χ4n) is 3.15. The summed E-state index contributed by atoms with van der Waals surface area (Å²) in [5.41, 5.74) is 7.72. The molecule has 6 heteroatoms. The minimum absolute atomic E-state index is 0.0431. The molecular weight excluding hydrogens is 280 g/mol. The van der Waals surface area contributed by atoms with Crippen molar-refractivity contribution in [2.45, 2.75) is 31.7 Å². The van der Waals surface area contributed by atoms with Crippen molar-refractivity contribution < 1.29 is 9.59 Å². The number of aryl methyl sites for hydroxylation is 1. The number of benzene rings is 1. The van der Waals surface area contributed by atoms with E-state index in [0.29, 0.717) is 12.1 Å². The molecule has 0 bridgehead atoms. The van der Waals surface area contributed by atoms with Crippen molar-refractivity contribution in [2.24, 2.45) is 12.8 Å². The number of carbonyl (C=O) groups excluding carboxylic acids is 2. The van der Waals surface area contributed by atoms with Crippen LogP contribution in [0.15, 0.2) is 24.5 Å². The Bertz CT molecular complexity index is 722. The second-order valence-electron chi connectivity index (χ2n) is 5.88. The molecule has 0 saturated carbocycles. The number of rotatable bonds is 3. The van der Waals surface area contributed by atoms with Crippen LogP contribution in [0, 0.1) is 0 Å². The van der Waals surface area contributed by atoms with Gasteiger partial charge in [0.25, 0.3) is 5.91 Å². The van der Waals surface area contributed by atoms with Crippen LogP contribution >= 0.6 is 0 Å². The van der Waals surface area contributed by atoms with Crippen molar-refractivity contribution >= 4 is 22.8 Å². The lowest BCUT2D eigenvalue weighted by molar-refractivity contribution is -0.119. The maximum Gasteiger partial charge on any atom is 0.254 e. The van der Waals surface area contributed by atoms with Gasteiger partial charge in [0.2, 0.25) is 5.91 Å². The van der Waals surface area contributed by atoms with E-state index in [2.05, 4.69) is 4.98 Å². The van der Waals surface area contributed by atoms with Crippen molar-refractivity contribution in [2.75, 3.05) is 6.54 Å². The molecule has 6 nitrogen and oxygen atoms in total. The molecule has 0 radical (unpaired) electrons. The lowest BCUT2D eigenvalue weighted by Crippen LogP contribution is -2.45. The molecule has 0 aliphatic carbocycles. The number of piperidine rings is 1. The summed E-state index contributed by atoms with van der Waals surface area (Å²) in [4.78, 5) is 30.1. The Morgan fingerprint density at radius 1 is 1.36 bits per heavy atom. The molecule has 2 N–H and O–H groups in total. The Morgan fingerprint density at radius 3 is 2.95 bits per heavy atom. The first-order valence-electron chi connectivity index (χ1n) is 7.56. The van der Waals surface area contributed by atoms with E-state index in [4.69, 9.17) is 5.73 Å². The summed E-state index contributed by atoms with van der Waals surface area (Å²) in [5, 5.41) is 0. The number of aromatic nitrogens is 2. The maximum atomic E-state index is 12.8. The zero-order chi connectivity index (χ0) is 15.7. The number of primary amides is 1. The van der Waals surface area contributed by atoms with Crippen molar-refractivity contribution in [1.82, 2.24) is 14.5 Å². The normalized spacial score (nSPS) is 18.6. The van der Waals surface area contributed by atoms with Crippen molar-refractivity contribution in [3.63, 3.8) is 0 Å². The molecule has 1 aromatic carbocycles. The van der Waals surface area contributed by atoms with E-state index in [1.807, 2.05) is 29.8 Å². The first-order chi connectivity index (χ1) is 10.6. The molecule has 22 heavy (non-hydrogen) atoms. The van der Waals surface area contributed by atoms with Gasteiger partial charge in [0.15, 0.2) is 0 Å². The standard InChI is InChI=1S/C16H20N4O2/c1-19-10-18-13-8-11(5-6-14(13)19)16(22)20-7-3-2-4-12(20)9-15(17)21/h5-6,8,10,12H,2-4,7,9H2,1H3,(H2,17,21)/t12-/m0/s1. The maximum absolute atomic E-state index is 12.8. The van der Waals surface area contributed by atoms with E-state index in [0.717, 1.165) is 30.3 Å². The van der Waals surface area contributed by atoms with Gasteiger partial charge in [0.1, 0.15) is 0 Å². The van der Waals surface area contributed by atoms with Gasteiger partial charge in [-0.25, -0.2) is 4.98 Å². The summed E-state index contributed by atoms with van der Waals surface area (Å²) in [6, 6.07) is 5.46. The van der Waals surface area contributed by atoms with Crippen LogP contribution in [0.5, 0.6) is 0 Å². The minimum Gasteiger partial charge on any atom is -0.370 e. The van der Waals surface area contributed by atoms with E-state index < -0.39 is 0 Å². The first-order valence-corrected chi connectivity index (χ1v) is 7.56. The number of nitrogens with zero attached hydrogens (tertiary/aromatic N) is 3. The molecule has 0 unspecified atom stereocenters. The second-order valence-corrected chi connectivity index (χ2v) is 5.88. The highest BCUT2D eigenvalue weighted by Gasteiger charge is 2.28. The van der Waals surface area contributed by atoms with E-state index in [1.54, 1.807) is 11.2 Å². The predicted molar refractivity (Wildman–Crippen MR) is 83.2 cm³/mol. The number of hydrogen-bond donors (Lipinski definition) is 1. The van der Waals surface area contributed by atoms with E-state index >= 15 is 0 Å². The summed E-state index contributed by atoms with van der Waals surface area (Å²) in [5.74, 6) is -0.400. The van der Waals surface area contributed by atoms with Gasteiger partial charge in [-0.2, -0.15) is 0 Å². The van der Waals surface area contributed by atoms with Gasteiger partial charge >= 0.3 is 0 Å². The van der Waals surface area contributed by atoms with Gasteiger partial charge < -0.3 is 15.2 Å². The number of fused-ring (bicyclic) bond motifs is 1. The van der Waals surface area contributed by atoms with Crippen LogP contribution in [0.4, 0.5) is 0 Å². The zero-order valence-corrected chi connectivity index (χ0v) is 12.7. The van der Waals surface area contributed by atoms with Crippen LogP contribution in [0.1, 0.15) is 36.0 Å². The quantitative estimate of drug-likeness (QED) is 0.931. The third-order valence-corrected chi connectivity index (χ3v) is 4.30. The van der Waals surface area contributed by atoms with Crippen LogP contribution in [0.3, 0.4) is 0 Å². The lowest BCUT2D eigenvalue weighted by atomic mass is 9.98. The molecule has 1 fully saturated rings. The fraction of sp³-hybridized carbons (Fsp3) is 0.438. The molecular formula is C16H20N4O2. The van der Waals surface area contributed by atoms with E-state index in [-0.39, 0.29) is 24.3 Å². The van der Waals surface area contributed by atoms with Gasteiger partial charge in [0, 0.05) is 31.6 Å². The minimum atomic E-state index is -0.357. The SMILES string of the molecule is Cn1cnc2cc(C(=O)N3CCCC[C@H]3CC(N)=O)ccc21. The van der Waals surface area contributed by atoms with Crippen LogP contribution in [-0.4, -0.2) is 38.9 Å². The Kier molecular flexibility index (Phi) is 3.83. The molecule has 2 aromatic rings. The number of nitrogens with two attached hydrogens (primary N) is 1. The molecule has 116 valence electrons. The third-order valence-electron chi connectivity index (χ3n) is 4.30. The molecule has 1 saturated heterocycles. The summed E-state index contributed by atoms with van der Waals surface area (Å²) in [6.45, 7) is 0.678. The first kappa shape index (κ1) is 14.6. The lowest BCUT2D eigenvalue weighted by Gasteiger charge is -2.35. The average Bonchev–Trinajstić information content (AvgIpc) is 2.87. The largest absolute Gasteiger partial charge is 0.370 e. The van der Waals surface area contributed by atoms with Crippen molar-refractivity contribution in [3.05, 3.63) is 30.1 Å². The summed E-state index contributed by atoms with van der Waals surface area (Å²) in [6.07, 6.45) is 4.79. The number of hydrogen-bond acceptors (Lipinski definition) is 3.